The van der Waals surface area contributed by atoms with Gasteiger partial charge in [0.15, 0.2) is 0 Å². The van der Waals surface area contributed by atoms with Crippen molar-refractivity contribution >= 4 is 32.6 Å². The molecule has 0 saturated heterocycles. The first-order chi connectivity index (χ1) is 8.58. The van der Waals surface area contributed by atoms with Crippen molar-refractivity contribution in [2.45, 2.75) is 34.5 Å². The van der Waals surface area contributed by atoms with Crippen molar-refractivity contribution in [2.75, 3.05) is 6.54 Å². The molecule has 0 radical (unpaired) electrons. The van der Waals surface area contributed by atoms with E-state index in [2.05, 4.69) is 27.3 Å². The van der Waals surface area contributed by atoms with Gasteiger partial charge in [0, 0.05) is 10.5 Å². The van der Waals surface area contributed by atoms with Gasteiger partial charge in [0.1, 0.15) is 0 Å². The predicted molar refractivity (Wildman–Crippen MR) is 81.4 cm³/mol. The van der Waals surface area contributed by atoms with Crippen LogP contribution < -0.4 is 4.72 Å². The standard InChI is InChI=1S/C13H18INO2S/c14-12-8-6-11(7-9-12)10-15-18(16,17)13-4-2-1-3-5-13/h1-5,11-12,15H,6-10H2. The Morgan fingerprint density at radius 3 is 2.33 bits per heavy atom. The van der Waals surface area contributed by atoms with E-state index in [9.17, 15) is 8.42 Å². The van der Waals surface area contributed by atoms with E-state index in [1.807, 2.05) is 6.07 Å². The lowest BCUT2D eigenvalue weighted by atomic mass is 9.89. The smallest absolute Gasteiger partial charge is 0.211 e. The summed E-state index contributed by atoms with van der Waals surface area (Å²) in [5.41, 5.74) is 0. The molecule has 0 aliphatic heterocycles. The Morgan fingerprint density at radius 2 is 1.72 bits per heavy atom. The molecule has 3 nitrogen and oxygen atoms in total. The molecule has 0 heterocycles. The Morgan fingerprint density at radius 1 is 1.11 bits per heavy atom. The van der Waals surface area contributed by atoms with E-state index in [1.165, 1.54) is 12.8 Å². The molecule has 0 atom stereocenters. The van der Waals surface area contributed by atoms with Gasteiger partial charge in [-0.15, -0.1) is 0 Å². The number of alkyl halides is 1. The zero-order valence-corrected chi connectivity index (χ0v) is 13.2. The van der Waals surface area contributed by atoms with Crippen LogP contribution in [0.1, 0.15) is 25.7 Å². The average molecular weight is 379 g/mol. The van der Waals surface area contributed by atoms with Crippen molar-refractivity contribution in [3.63, 3.8) is 0 Å². The van der Waals surface area contributed by atoms with E-state index in [1.54, 1.807) is 24.3 Å². The number of hydrogen-bond acceptors (Lipinski definition) is 2. The molecule has 1 aromatic rings. The van der Waals surface area contributed by atoms with Crippen LogP contribution in [-0.2, 0) is 10.0 Å². The van der Waals surface area contributed by atoms with Gasteiger partial charge in [0.05, 0.1) is 4.90 Å². The monoisotopic (exact) mass is 379 g/mol. The summed E-state index contributed by atoms with van der Waals surface area (Å²) in [5.74, 6) is 0.495. The first-order valence-electron chi connectivity index (χ1n) is 6.27. The number of benzene rings is 1. The number of nitrogens with one attached hydrogen (secondary N) is 1. The molecule has 0 aromatic heterocycles. The lowest BCUT2D eigenvalue weighted by Gasteiger charge is -2.25. The van der Waals surface area contributed by atoms with Crippen LogP contribution in [0.15, 0.2) is 35.2 Å². The summed E-state index contributed by atoms with van der Waals surface area (Å²) in [6, 6.07) is 8.57. The summed E-state index contributed by atoms with van der Waals surface area (Å²) < 4.78 is 27.6. The molecule has 1 aliphatic rings. The van der Waals surface area contributed by atoms with E-state index < -0.39 is 10.0 Å². The largest absolute Gasteiger partial charge is 0.240 e. The number of sulfonamides is 1. The quantitative estimate of drug-likeness (QED) is 0.646. The van der Waals surface area contributed by atoms with Crippen LogP contribution in [-0.4, -0.2) is 18.9 Å². The molecule has 0 amide bonds. The van der Waals surface area contributed by atoms with E-state index in [0.29, 0.717) is 17.4 Å². The summed E-state index contributed by atoms with van der Waals surface area (Å²) in [4.78, 5) is 0.354. The van der Waals surface area contributed by atoms with Gasteiger partial charge in [-0.05, 0) is 43.7 Å². The van der Waals surface area contributed by atoms with Gasteiger partial charge in [-0.3, -0.25) is 0 Å². The van der Waals surface area contributed by atoms with Gasteiger partial charge in [-0.25, -0.2) is 13.1 Å². The van der Waals surface area contributed by atoms with Gasteiger partial charge in [-0.2, -0.15) is 0 Å². The van der Waals surface area contributed by atoms with Crippen LogP contribution >= 0.6 is 22.6 Å². The number of hydrogen-bond donors (Lipinski definition) is 1. The molecule has 5 heteroatoms. The molecule has 0 bridgehead atoms. The van der Waals surface area contributed by atoms with Crippen LogP contribution in [0.2, 0.25) is 0 Å². The Bertz CT molecular complexity index is 467. The summed E-state index contributed by atoms with van der Waals surface area (Å²) >= 11 is 2.48. The fraction of sp³-hybridized carbons (Fsp3) is 0.538. The van der Waals surface area contributed by atoms with Crippen molar-refractivity contribution in [1.82, 2.24) is 4.72 Å². The molecule has 100 valence electrons. The zero-order chi connectivity index (χ0) is 13.0. The highest BCUT2D eigenvalue weighted by Crippen LogP contribution is 2.28. The summed E-state index contributed by atoms with van der Waals surface area (Å²) in [6.07, 6.45) is 4.67. The minimum Gasteiger partial charge on any atom is -0.211 e. The fourth-order valence-corrected chi connectivity index (χ4v) is 4.09. The van der Waals surface area contributed by atoms with E-state index in [0.717, 1.165) is 16.8 Å². The van der Waals surface area contributed by atoms with Gasteiger partial charge in [-0.1, -0.05) is 40.8 Å². The van der Waals surface area contributed by atoms with Crippen LogP contribution in [0.5, 0.6) is 0 Å². The van der Waals surface area contributed by atoms with E-state index >= 15 is 0 Å². The SMILES string of the molecule is O=S(=O)(NCC1CCC(I)CC1)c1ccccc1. The van der Waals surface area contributed by atoms with Gasteiger partial charge in [0.2, 0.25) is 10.0 Å². The molecule has 1 aliphatic carbocycles. The molecule has 0 spiro atoms. The maximum absolute atomic E-state index is 12.0. The number of halogens is 1. The minimum atomic E-state index is -3.33. The summed E-state index contributed by atoms with van der Waals surface area (Å²) in [5, 5.41) is 0. The predicted octanol–water partition coefficient (Wildman–Crippen LogP) is 2.96. The maximum Gasteiger partial charge on any atom is 0.240 e. The molecular formula is C13H18INO2S. The molecule has 1 fully saturated rings. The van der Waals surface area contributed by atoms with Crippen LogP contribution in [0.3, 0.4) is 0 Å². The Balaban J connectivity index is 1.90. The highest BCUT2D eigenvalue weighted by atomic mass is 127. The minimum absolute atomic E-state index is 0.354. The first-order valence-corrected chi connectivity index (χ1v) is 8.99. The summed E-state index contributed by atoms with van der Waals surface area (Å²) in [7, 11) is -3.33. The Labute approximate surface area is 123 Å². The Kier molecular flexibility index (Phi) is 5.03. The van der Waals surface area contributed by atoms with Crippen molar-refractivity contribution < 1.29 is 8.42 Å². The van der Waals surface area contributed by atoms with Crippen LogP contribution in [0.4, 0.5) is 0 Å². The molecule has 2 rings (SSSR count). The van der Waals surface area contributed by atoms with Gasteiger partial charge in [0.25, 0.3) is 0 Å². The molecule has 18 heavy (non-hydrogen) atoms. The maximum atomic E-state index is 12.0. The van der Waals surface area contributed by atoms with Crippen molar-refractivity contribution in [2.24, 2.45) is 5.92 Å². The second-order valence-corrected chi connectivity index (χ2v) is 8.31. The highest BCUT2D eigenvalue weighted by Gasteiger charge is 2.21. The van der Waals surface area contributed by atoms with Gasteiger partial charge >= 0.3 is 0 Å². The highest BCUT2D eigenvalue weighted by molar-refractivity contribution is 14.1. The third kappa shape index (κ3) is 3.93. The average Bonchev–Trinajstić information content (AvgIpc) is 2.39. The van der Waals surface area contributed by atoms with Crippen molar-refractivity contribution in [3.8, 4) is 0 Å². The second-order valence-electron chi connectivity index (χ2n) is 4.78. The van der Waals surface area contributed by atoms with Crippen molar-refractivity contribution in [1.29, 1.82) is 0 Å². The molecule has 1 N–H and O–H groups in total. The molecule has 1 aromatic carbocycles. The first kappa shape index (κ1) is 14.3. The van der Waals surface area contributed by atoms with E-state index in [4.69, 9.17) is 0 Å². The molecular weight excluding hydrogens is 361 g/mol. The second kappa shape index (κ2) is 6.34. The topological polar surface area (TPSA) is 46.2 Å². The lowest BCUT2D eigenvalue weighted by Crippen LogP contribution is -2.31. The number of rotatable bonds is 4. The zero-order valence-electron chi connectivity index (χ0n) is 10.2. The normalized spacial score (nSPS) is 24.9. The third-order valence-corrected chi connectivity index (χ3v) is 6.08. The van der Waals surface area contributed by atoms with Gasteiger partial charge < -0.3 is 0 Å². The van der Waals surface area contributed by atoms with Crippen LogP contribution in [0.25, 0.3) is 0 Å². The van der Waals surface area contributed by atoms with Crippen LogP contribution in [0, 0.1) is 5.92 Å². The Hall–Kier alpha value is -0.140. The third-order valence-electron chi connectivity index (χ3n) is 3.39. The lowest BCUT2D eigenvalue weighted by molar-refractivity contribution is 0.369. The summed E-state index contributed by atoms with van der Waals surface area (Å²) in [6.45, 7) is 0.570. The molecule has 0 unspecified atom stereocenters. The molecule has 1 saturated carbocycles. The van der Waals surface area contributed by atoms with Crippen molar-refractivity contribution in [3.05, 3.63) is 30.3 Å². The van der Waals surface area contributed by atoms with E-state index in [-0.39, 0.29) is 0 Å². The fourth-order valence-electron chi connectivity index (χ4n) is 2.24.